The fourth-order valence-corrected chi connectivity index (χ4v) is 3.41. The minimum Gasteiger partial charge on any atom is -0.423 e. The van der Waals surface area contributed by atoms with Crippen LogP contribution >= 0.6 is 0 Å². The topological polar surface area (TPSA) is 84.3 Å². The number of aromatic nitrogens is 3. The average molecular weight is 340 g/mol. The Labute approximate surface area is 145 Å². The Morgan fingerprint density at radius 1 is 1.36 bits per heavy atom. The number of amides is 1. The van der Waals surface area contributed by atoms with E-state index in [4.69, 9.17) is 9.15 Å². The molecule has 2 aromatic heterocycles. The summed E-state index contributed by atoms with van der Waals surface area (Å²) in [5.74, 6) is 0.953. The van der Waals surface area contributed by atoms with Gasteiger partial charge < -0.3 is 19.0 Å². The molecular formula is C18H20N4O3. The van der Waals surface area contributed by atoms with Crippen LogP contribution in [0.15, 0.2) is 28.8 Å². The van der Waals surface area contributed by atoms with Crippen molar-refractivity contribution in [3.63, 3.8) is 0 Å². The highest BCUT2D eigenvalue weighted by Gasteiger charge is 2.32. The molecule has 3 heterocycles. The van der Waals surface area contributed by atoms with Crippen LogP contribution in [0.1, 0.15) is 29.0 Å². The van der Waals surface area contributed by atoms with Gasteiger partial charge in [-0.1, -0.05) is 12.1 Å². The Balaban J connectivity index is 1.60. The first-order valence-corrected chi connectivity index (χ1v) is 8.36. The number of nitrogens with one attached hydrogen (secondary N) is 1. The van der Waals surface area contributed by atoms with E-state index in [0.717, 1.165) is 22.0 Å². The van der Waals surface area contributed by atoms with Gasteiger partial charge >= 0.3 is 0 Å². The van der Waals surface area contributed by atoms with Crippen molar-refractivity contribution in [2.24, 2.45) is 0 Å². The van der Waals surface area contributed by atoms with Gasteiger partial charge in [0.05, 0.1) is 19.6 Å². The lowest BCUT2D eigenvalue weighted by Crippen LogP contribution is -2.44. The molecule has 1 saturated heterocycles. The van der Waals surface area contributed by atoms with Gasteiger partial charge in [0.15, 0.2) is 0 Å². The molecule has 1 N–H and O–H groups in total. The highest BCUT2D eigenvalue weighted by atomic mass is 16.5. The Morgan fingerprint density at radius 2 is 2.24 bits per heavy atom. The summed E-state index contributed by atoms with van der Waals surface area (Å²) in [6, 6.07) is 5.77. The van der Waals surface area contributed by atoms with Crippen LogP contribution in [-0.2, 0) is 16.0 Å². The third-order valence-electron chi connectivity index (χ3n) is 4.61. The molecule has 130 valence electrons. The highest BCUT2D eigenvalue weighted by molar-refractivity contribution is 5.91. The predicted molar refractivity (Wildman–Crippen MR) is 91.0 cm³/mol. The van der Waals surface area contributed by atoms with E-state index in [2.05, 4.69) is 28.2 Å². The first-order valence-electron chi connectivity index (χ1n) is 8.36. The number of morpholine rings is 1. The molecule has 0 bridgehead atoms. The number of aromatic amines is 1. The number of H-pyrrole nitrogens is 1. The number of hydrogen-bond acceptors (Lipinski definition) is 5. The zero-order valence-electron chi connectivity index (χ0n) is 14.3. The summed E-state index contributed by atoms with van der Waals surface area (Å²) in [5, 5.41) is 9.05. The average Bonchev–Trinajstić information content (AvgIpc) is 3.22. The molecular weight excluding hydrogens is 320 g/mol. The fraction of sp³-hybridized carbons (Fsp3) is 0.389. The molecule has 1 aromatic carbocycles. The third-order valence-corrected chi connectivity index (χ3v) is 4.61. The number of carbonyl (C=O) groups excluding carboxylic acids is 1. The number of nitrogens with zero attached hydrogens (tertiary/aromatic N) is 3. The van der Waals surface area contributed by atoms with Gasteiger partial charge in [-0.25, -0.2) is 0 Å². The van der Waals surface area contributed by atoms with Gasteiger partial charge in [-0.05, 0) is 24.1 Å². The van der Waals surface area contributed by atoms with Crippen LogP contribution in [0.25, 0.3) is 10.9 Å². The molecule has 4 rings (SSSR count). The normalized spacial score (nSPS) is 18.0. The Bertz CT molecular complexity index is 914. The second-order valence-electron chi connectivity index (χ2n) is 6.33. The number of fused-ring (bicyclic) bond motifs is 1. The van der Waals surface area contributed by atoms with E-state index in [0.29, 0.717) is 38.0 Å². The zero-order valence-corrected chi connectivity index (χ0v) is 14.3. The first-order chi connectivity index (χ1) is 12.1. The minimum atomic E-state index is -0.325. The van der Waals surface area contributed by atoms with Crippen LogP contribution in [0.2, 0.25) is 0 Å². The molecule has 0 unspecified atom stereocenters. The van der Waals surface area contributed by atoms with Crippen molar-refractivity contribution < 1.29 is 13.9 Å². The molecule has 1 amide bonds. The fourth-order valence-electron chi connectivity index (χ4n) is 3.41. The smallest absolute Gasteiger partial charge is 0.241 e. The van der Waals surface area contributed by atoms with Crippen LogP contribution in [0.5, 0.6) is 0 Å². The number of benzene rings is 1. The molecule has 0 spiro atoms. The molecule has 3 aromatic rings. The van der Waals surface area contributed by atoms with Crippen LogP contribution < -0.4 is 0 Å². The van der Waals surface area contributed by atoms with E-state index in [1.807, 2.05) is 18.3 Å². The van der Waals surface area contributed by atoms with Gasteiger partial charge in [0.25, 0.3) is 0 Å². The Morgan fingerprint density at radius 3 is 3.04 bits per heavy atom. The van der Waals surface area contributed by atoms with Crippen molar-refractivity contribution in [1.82, 2.24) is 20.1 Å². The summed E-state index contributed by atoms with van der Waals surface area (Å²) in [6.45, 7) is 5.21. The van der Waals surface area contributed by atoms with Gasteiger partial charge in [-0.3, -0.25) is 4.79 Å². The summed E-state index contributed by atoms with van der Waals surface area (Å²) < 4.78 is 11.0. The molecule has 1 fully saturated rings. The minimum absolute atomic E-state index is 0.0355. The molecule has 7 heteroatoms. The molecule has 1 aliphatic rings. The zero-order chi connectivity index (χ0) is 17.4. The van der Waals surface area contributed by atoms with Gasteiger partial charge in [0.2, 0.25) is 17.7 Å². The van der Waals surface area contributed by atoms with Crippen molar-refractivity contribution in [2.45, 2.75) is 26.3 Å². The molecule has 0 saturated carbocycles. The van der Waals surface area contributed by atoms with Gasteiger partial charge in [0, 0.05) is 30.6 Å². The van der Waals surface area contributed by atoms with Gasteiger partial charge in [-0.15, -0.1) is 10.2 Å². The van der Waals surface area contributed by atoms with Gasteiger partial charge in [-0.2, -0.15) is 0 Å². The van der Waals surface area contributed by atoms with Crippen LogP contribution in [0.3, 0.4) is 0 Å². The maximum Gasteiger partial charge on any atom is 0.241 e. The molecule has 1 atom stereocenters. The monoisotopic (exact) mass is 340 g/mol. The van der Waals surface area contributed by atoms with Crippen molar-refractivity contribution in [3.05, 3.63) is 47.3 Å². The number of carbonyl (C=O) groups is 1. The van der Waals surface area contributed by atoms with Crippen molar-refractivity contribution in [3.8, 4) is 0 Å². The highest BCUT2D eigenvalue weighted by Crippen LogP contribution is 2.27. The summed E-state index contributed by atoms with van der Waals surface area (Å²) in [4.78, 5) is 18.0. The lowest BCUT2D eigenvalue weighted by molar-refractivity contribution is -0.140. The SMILES string of the molecule is Cc1nnc([C@H]2COCCN2C(=O)Cc2c[nH]c3cccc(C)c23)o1. The quantitative estimate of drug-likeness (QED) is 0.791. The Kier molecular flexibility index (Phi) is 4.01. The second kappa shape index (κ2) is 6.33. The lowest BCUT2D eigenvalue weighted by atomic mass is 10.0. The van der Waals surface area contributed by atoms with Crippen molar-refractivity contribution >= 4 is 16.8 Å². The number of aryl methyl sites for hydroxylation is 2. The Hall–Kier alpha value is -2.67. The van der Waals surface area contributed by atoms with Crippen molar-refractivity contribution in [1.29, 1.82) is 0 Å². The third kappa shape index (κ3) is 2.91. The molecule has 1 aliphatic heterocycles. The summed E-state index contributed by atoms with van der Waals surface area (Å²) >= 11 is 0. The molecule has 25 heavy (non-hydrogen) atoms. The van der Waals surface area contributed by atoms with E-state index >= 15 is 0 Å². The predicted octanol–water partition coefficient (Wildman–Crippen LogP) is 2.31. The molecule has 7 nitrogen and oxygen atoms in total. The van der Waals surface area contributed by atoms with Crippen LogP contribution in [0.4, 0.5) is 0 Å². The maximum absolute atomic E-state index is 13.0. The van der Waals surface area contributed by atoms with E-state index in [1.54, 1.807) is 11.8 Å². The number of ether oxygens (including phenoxy) is 1. The second-order valence-corrected chi connectivity index (χ2v) is 6.33. The van der Waals surface area contributed by atoms with E-state index in [-0.39, 0.29) is 11.9 Å². The van der Waals surface area contributed by atoms with E-state index in [9.17, 15) is 4.79 Å². The molecule has 0 aliphatic carbocycles. The summed E-state index contributed by atoms with van der Waals surface area (Å²) in [5.41, 5.74) is 3.21. The number of hydrogen-bond donors (Lipinski definition) is 1. The molecule has 0 radical (unpaired) electrons. The standard InChI is InChI=1S/C18H20N4O3/c1-11-4-3-5-14-17(11)13(9-19-14)8-16(23)22-6-7-24-10-15(22)18-21-20-12(2)25-18/h3-5,9,15,19H,6-8,10H2,1-2H3/t15-/m1/s1. The van der Waals surface area contributed by atoms with Crippen LogP contribution in [0, 0.1) is 13.8 Å². The van der Waals surface area contributed by atoms with E-state index < -0.39 is 0 Å². The maximum atomic E-state index is 13.0. The number of rotatable bonds is 3. The van der Waals surface area contributed by atoms with Crippen LogP contribution in [-0.4, -0.2) is 45.7 Å². The first kappa shape index (κ1) is 15.8. The van der Waals surface area contributed by atoms with Crippen molar-refractivity contribution in [2.75, 3.05) is 19.8 Å². The summed E-state index contributed by atoms with van der Waals surface area (Å²) in [7, 11) is 0. The summed E-state index contributed by atoms with van der Waals surface area (Å²) in [6.07, 6.45) is 2.25. The largest absolute Gasteiger partial charge is 0.423 e. The lowest BCUT2D eigenvalue weighted by Gasteiger charge is -2.33. The van der Waals surface area contributed by atoms with E-state index in [1.165, 1.54) is 0 Å². The van der Waals surface area contributed by atoms with Gasteiger partial charge in [0.1, 0.15) is 6.04 Å².